The minimum atomic E-state index is -0.173. The zero-order chi connectivity index (χ0) is 13.1. The molecule has 0 fully saturated rings. The van der Waals surface area contributed by atoms with Gasteiger partial charge in [-0.1, -0.05) is 6.07 Å². The Morgan fingerprint density at radius 1 is 1.33 bits per heavy atom. The molecule has 0 unspecified atom stereocenters. The predicted octanol–water partition coefficient (Wildman–Crippen LogP) is 2.24. The van der Waals surface area contributed by atoms with Crippen molar-refractivity contribution in [2.75, 3.05) is 7.11 Å². The molecule has 0 spiro atoms. The first kappa shape index (κ1) is 12.4. The molecule has 1 heterocycles. The van der Waals surface area contributed by atoms with Crippen LogP contribution in [0.2, 0.25) is 0 Å². The zero-order valence-electron chi connectivity index (χ0n) is 10.8. The number of benzene rings is 1. The average molecular weight is 247 g/mol. The van der Waals surface area contributed by atoms with Crippen molar-refractivity contribution in [1.29, 1.82) is 0 Å². The van der Waals surface area contributed by atoms with Gasteiger partial charge in [0.15, 0.2) is 5.75 Å². The van der Waals surface area contributed by atoms with Crippen LogP contribution in [0.5, 0.6) is 17.2 Å². The van der Waals surface area contributed by atoms with E-state index in [1.54, 1.807) is 24.2 Å². The lowest BCUT2D eigenvalue weighted by atomic mass is 10.1. The fraction of sp³-hybridized carbons (Fsp3) is 0.308. The Labute approximate surface area is 106 Å². The van der Waals surface area contributed by atoms with Gasteiger partial charge in [0, 0.05) is 13.1 Å². The molecule has 5 nitrogen and oxygen atoms in total. The van der Waals surface area contributed by atoms with Crippen molar-refractivity contribution in [2.45, 2.75) is 13.0 Å². The second-order valence-electron chi connectivity index (χ2n) is 4.11. The smallest absolute Gasteiger partial charge is 0.165 e. The van der Waals surface area contributed by atoms with Crippen LogP contribution in [0.15, 0.2) is 30.6 Å². The number of ether oxygens (including phenoxy) is 2. The number of aromatic nitrogens is 2. The first-order valence-electron chi connectivity index (χ1n) is 5.70. The van der Waals surface area contributed by atoms with Gasteiger partial charge in [-0.25, -0.2) is 0 Å². The van der Waals surface area contributed by atoms with Crippen LogP contribution < -0.4 is 15.2 Å². The molecule has 2 N–H and O–H groups in total. The van der Waals surface area contributed by atoms with Crippen molar-refractivity contribution in [3.8, 4) is 17.2 Å². The maximum atomic E-state index is 5.97. The SMILES string of the molecule is COc1cccc(Oc2cnn(C)c2)c1[C@H](C)N. The van der Waals surface area contributed by atoms with E-state index < -0.39 is 0 Å². The molecule has 2 aromatic rings. The molecule has 1 aromatic carbocycles. The van der Waals surface area contributed by atoms with Crippen LogP contribution in [0.4, 0.5) is 0 Å². The van der Waals surface area contributed by atoms with Crippen molar-refractivity contribution in [2.24, 2.45) is 12.8 Å². The molecule has 0 radical (unpaired) electrons. The molecule has 0 aliphatic rings. The van der Waals surface area contributed by atoms with E-state index in [1.165, 1.54) is 0 Å². The highest BCUT2D eigenvalue weighted by molar-refractivity contribution is 5.48. The minimum absolute atomic E-state index is 0.173. The van der Waals surface area contributed by atoms with Crippen molar-refractivity contribution in [3.05, 3.63) is 36.2 Å². The van der Waals surface area contributed by atoms with Gasteiger partial charge in [0.2, 0.25) is 0 Å². The second kappa shape index (κ2) is 5.10. The van der Waals surface area contributed by atoms with Gasteiger partial charge < -0.3 is 15.2 Å². The summed E-state index contributed by atoms with van der Waals surface area (Å²) < 4.78 is 12.8. The summed E-state index contributed by atoms with van der Waals surface area (Å²) >= 11 is 0. The first-order chi connectivity index (χ1) is 8.61. The van der Waals surface area contributed by atoms with E-state index >= 15 is 0 Å². The Morgan fingerprint density at radius 3 is 2.61 bits per heavy atom. The summed E-state index contributed by atoms with van der Waals surface area (Å²) in [5.41, 5.74) is 6.82. The quantitative estimate of drug-likeness (QED) is 0.900. The third kappa shape index (κ3) is 2.46. The fourth-order valence-corrected chi connectivity index (χ4v) is 1.82. The number of nitrogens with two attached hydrogens (primary N) is 1. The van der Waals surface area contributed by atoms with Gasteiger partial charge >= 0.3 is 0 Å². The normalized spacial score (nSPS) is 12.2. The predicted molar refractivity (Wildman–Crippen MR) is 68.9 cm³/mol. The van der Waals surface area contributed by atoms with Gasteiger partial charge in [0.25, 0.3) is 0 Å². The number of hydrogen-bond donors (Lipinski definition) is 1. The summed E-state index contributed by atoms with van der Waals surface area (Å²) in [6, 6.07) is 5.44. The molecule has 0 aliphatic heterocycles. The molecule has 5 heteroatoms. The Bertz CT molecular complexity index is 535. The maximum Gasteiger partial charge on any atom is 0.165 e. The fourth-order valence-electron chi connectivity index (χ4n) is 1.82. The molecule has 96 valence electrons. The standard InChI is InChI=1S/C13H17N3O2/c1-9(14)13-11(17-3)5-4-6-12(13)18-10-7-15-16(2)8-10/h4-9H,14H2,1-3H3/t9-/m0/s1. The summed E-state index contributed by atoms with van der Waals surface area (Å²) in [5.74, 6) is 2.09. The van der Waals surface area contributed by atoms with Gasteiger partial charge in [0.1, 0.15) is 11.5 Å². The van der Waals surface area contributed by atoms with Crippen molar-refractivity contribution >= 4 is 0 Å². The van der Waals surface area contributed by atoms with Crippen molar-refractivity contribution < 1.29 is 9.47 Å². The van der Waals surface area contributed by atoms with Gasteiger partial charge in [-0.3, -0.25) is 4.68 Å². The lowest BCUT2D eigenvalue weighted by Gasteiger charge is -2.16. The van der Waals surface area contributed by atoms with Crippen molar-refractivity contribution in [3.63, 3.8) is 0 Å². The number of rotatable bonds is 4. The molecule has 0 saturated carbocycles. The Kier molecular flexibility index (Phi) is 3.53. The third-order valence-corrected chi connectivity index (χ3v) is 2.61. The lowest BCUT2D eigenvalue weighted by Crippen LogP contribution is -2.08. The summed E-state index contributed by atoms with van der Waals surface area (Å²) in [6.45, 7) is 1.90. The van der Waals surface area contributed by atoms with E-state index in [0.717, 1.165) is 11.3 Å². The highest BCUT2D eigenvalue weighted by atomic mass is 16.5. The van der Waals surface area contributed by atoms with E-state index in [9.17, 15) is 0 Å². The van der Waals surface area contributed by atoms with E-state index in [0.29, 0.717) is 11.5 Å². The van der Waals surface area contributed by atoms with Crippen LogP contribution in [0.3, 0.4) is 0 Å². The number of aryl methyl sites for hydroxylation is 1. The average Bonchev–Trinajstić information content (AvgIpc) is 2.74. The summed E-state index contributed by atoms with van der Waals surface area (Å²) in [6.07, 6.45) is 3.45. The molecule has 0 aliphatic carbocycles. The van der Waals surface area contributed by atoms with Crippen molar-refractivity contribution in [1.82, 2.24) is 9.78 Å². The van der Waals surface area contributed by atoms with Gasteiger partial charge in [-0.05, 0) is 19.1 Å². The molecule has 1 aromatic heterocycles. The molecule has 2 rings (SSSR count). The van der Waals surface area contributed by atoms with Crippen LogP contribution in [0, 0.1) is 0 Å². The van der Waals surface area contributed by atoms with Crippen LogP contribution >= 0.6 is 0 Å². The molecular weight excluding hydrogens is 230 g/mol. The van der Waals surface area contributed by atoms with Gasteiger partial charge in [0.05, 0.1) is 25.1 Å². The zero-order valence-corrected chi connectivity index (χ0v) is 10.8. The van der Waals surface area contributed by atoms with Crippen LogP contribution in [0.25, 0.3) is 0 Å². The number of methoxy groups -OCH3 is 1. The van der Waals surface area contributed by atoms with Crippen LogP contribution in [-0.2, 0) is 7.05 Å². The largest absolute Gasteiger partial charge is 0.496 e. The Balaban J connectivity index is 2.37. The van der Waals surface area contributed by atoms with Crippen LogP contribution in [0.1, 0.15) is 18.5 Å². The Hall–Kier alpha value is -2.01. The molecule has 0 bridgehead atoms. The third-order valence-electron chi connectivity index (χ3n) is 2.61. The summed E-state index contributed by atoms with van der Waals surface area (Å²) in [4.78, 5) is 0. The summed E-state index contributed by atoms with van der Waals surface area (Å²) in [7, 11) is 3.46. The topological polar surface area (TPSA) is 62.3 Å². The molecule has 1 atom stereocenters. The first-order valence-corrected chi connectivity index (χ1v) is 5.70. The maximum absolute atomic E-state index is 5.97. The highest BCUT2D eigenvalue weighted by Crippen LogP contribution is 2.35. The number of hydrogen-bond acceptors (Lipinski definition) is 4. The van der Waals surface area contributed by atoms with Crippen LogP contribution in [-0.4, -0.2) is 16.9 Å². The number of nitrogens with zero attached hydrogens (tertiary/aromatic N) is 2. The molecule has 18 heavy (non-hydrogen) atoms. The lowest BCUT2D eigenvalue weighted by molar-refractivity contribution is 0.397. The second-order valence-corrected chi connectivity index (χ2v) is 4.11. The van der Waals surface area contributed by atoms with Gasteiger partial charge in [-0.2, -0.15) is 5.10 Å². The molecular formula is C13H17N3O2. The minimum Gasteiger partial charge on any atom is -0.496 e. The van der Waals surface area contributed by atoms with E-state index in [-0.39, 0.29) is 6.04 Å². The van der Waals surface area contributed by atoms with E-state index in [1.807, 2.05) is 32.2 Å². The van der Waals surface area contributed by atoms with Gasteiger partial charge in [-0.15, -0.1) is 0 Å². The Morgan fingerprint density at radius 2 is 2.06 bits per heavy atom. The molecule has 0 saturated heterocycles. The van der Waals surface area contributed by atoms with E-state index in [4.69, 9.17) is 15.2 Å². The highest BCUT2D eigenvalue weighted by Gasteiger charge is 2.15. The van der Waals surface area contributed by atoms with E-state index in [2.05, 4.69) is 5.10 Å². The molecule has 0 amide bonds. The monoisotopic (exact) mass is 247 g/mol. The summed E-state index contributed by atoms with van der Waals surface area (Å²) in [5, 5.41) is 4.06.